The lowest BCUT2D eigenvalue weighted by molar-refractivity contribution is -0.126. The van der Waals surface area contributed by atoms with E-state index in [2.05, 4.69) is 10.2 Å². The fourth-order valence-corrected chi connectivity index (χ4v) is 4.22. The molecule has 0 saturated carbocycles. The second-order valence-corrected chi connectivity index (χ2v) is 8.42. The molecule has 29 heavy (non-hydrogen) atoms. The molecule has 2 N–H and O–H groups in total. The highest BCUT2D eigenvalue weighted by Crippen LogP contribution is 2.23. The Balaban J connectivity index is 1.72. The van der Waals surface area contributed by atoms with Crippen LogP contribution in [0.5, 0.6) is 0 Å². The third-order valence-corrected chi connectivity index (χ3v) is 6.13. The molecule has 1 amide bonds. The van der Waals surface area contributed by atoms with Gasteiger partial charge in [-0.3, -0.25) is 19.4 Å². The fraction of sp³-hybridized carbons (Fsp3) is 0.524. The maximum absolute atomic E-state index is 13.1. The summed E-state index contributed by atoms with van der Waals surface area (Å²) in [6, 6.07) is 4.55. The molecular weight excluding hydrogens is 413 g/mol. The molecule has 2 fully saturated rings. The molecule has 3 rings (SSSR count). The molecule has 158 valence electrons. The van der Waals surface area contributed by atoms with Gasteiger partial charge in [-0.1, -0.05) is 41.8 Å². The van der Waals surface area contributed by atoms with Crippen LogP contribution in [0.15, 0.2) is 24.3 Å². The van der Waals surface area contributed by atoms with Crippen molar-refractivity contribution in [3.05, 3.63) is 39.9 Å². The lowest BCUT2D eigenvalue weighted by atomic mass is 9.99. The third kappa shape index (κ3) is 6.27. The van der Waals surface area contributed by atoms with Crippen molar-refractivity contribution in [3.8, 4) is 0 Å². The Morgan fingerprint density at radius 1 is 1.17 bits per heavy atom. The van der Waals surface area contributed by atoms with Crippen molar-refractivity contribution in [2.45, 2.75) is 31.4 Å². The Kier molecular flexibility index (Phi) is 8.09. The van der Waals surface area contributed by atoms with E-state index in [1.807, 2.05) is 4.90 Å². The smallest absolute Gasteiger partial charge is 0.234 e. The van der Waals surface area contributed by atoms with E-state index >= 15 is 0 Å². The Morgan fingerprint density at radius 2 is 1.93 bits per heavy atom. The number of benzene rings is 1. The molecule has 0 radical (unpaired) electrons. The first-order valence-electron chi connectivity index (χ1n) is 10.0. The molecule has 6 nitrogen and oxygen atoms in total. The number of aliphatic hydroxyl groups is 1. The number of amides is 1. The fourth-order valence-electron chi connectivity index (χ4n) is 3.91. The quantitative estimate of drug-likeness (QED) is 0.637. The second kappa shape index (κ2) is 10.5. The number of hydrogen-bond donors (Lipinski definition) is 2. The van der Waals surface area contributed by atoms with Gasteiger partial charge in [-0.25, -0.2) is 0 Å². The monoisotopic (exact) mass is 439 g/mol. The maximum atomic E-state index is 13.1. The SMILES string of the molecule is O=C1CN(CC(O)C(C(=O)/C=C/c2ccc(Cl)c(Cl)c2)N2CCCCC2)CCN1. The number of β-amino-alcohol motifs (C(OH)–C–C–N with tert-alkyl or cyclic N) is 1. The van der Waals surface area contributed by atoms with Crippen LogP contribution in [0.3, 0.4) is 0 Å². The topological polar surface area (TPSA) is 72.9 Å². The van der Waals surface area contributed by atoms with Crippen molar-refractivity contribution >= 4 is 41.0 Å². The van der Waals surface area contributed by atoms with E-state index in [1.165, 1.54) is 6.08 Å². The minimum Gasteiger partial charge on any atom is -0.390 e. The summed E-state index contributed by atoms with van der Waals surface area (Å²) >= 11 is 12.0. The molecule has 2 aliphatic rings. The van der Waals surface area contributed by atoms with Crippen LogP contribution in [0.4, 0.5) is 0 Å². The summed E-state index contributed by atoms with van der Waals surface area (Å²) in [5.41, 5.74) is 0.771. The summed E-state index contributed by atoms with van der Waals surface area (Å²) < 4.78 is 0. The largest absolute Gasteiger partial charge is 0.390 e. The molecule has 0 aromatic heterocycles. The predicted octanol–water partition coefficient (Wildman–Crippen LogP) is 2.22. The van der Waals surface area contributed by atoms with Gasteiger partial charge in [0.25, 0.3) is 0 Å². The van der Waals surface area contributed by atoms with Gasteiger partial charge in [0.1, 0.15) is 6.04 Å². The molecule has 0 bridgehead atoms. The molecule has 0 spiro atoms. The number of nitrogens with zero attached hydrogens (tertiary/aromatic N) is 2. The molecule has 2 heterocycles. The minimum atomic E-state index is -0.870. The highest BCUT2D eigenvalue weighted by Gasteiger charge is 2.33. The van der Waals surface area contributed by atoms with Crippen LogP contribution in [0.25, 0.3) is 6.08 Å². The van der Waals surface area contributed by atoms with E-state index in [1.54, 1.807) is 24.3 Å². The molecule has 1 aromatic rings. The lowest BCUT2D eigenvalue weighted by Crippen LogP contribution is -2.56. The molecule has 1 aromatic carbocycles. The zero-order valence-corrected chi connectivity index (χ0v) is 17.8. The van der Waals surface area contributed by atoms with E-state index < -0.39 is 12.1 Å². The molecule has 2 atom stereocenters. The van der Waals surface area contributed by atoms with Crippen LogP contribution < -0.4 is 5.32 Å². The first kappa shape index (κ1) is 22.2. The van der Waals surface area contributed by atoms with E-state index in [0.717, 1.165) is 37.9 Å². The summed E-state index contributed by atoms with van der Waals surface area (Å²) in [6.07, 6.45) is 5.50. The molecular formula is C21H27Cl2N3O3. The number of piperazine rings is 1. The van der Waals surface area contributed by atoms with Crippen LogP contribution in [0, 0.1) is 0 Å². The van der Waals surface area contributed by atoms with Gasteiger partial charge >= 0.3 is 0 Å². The number of piperidine rings is 1. The van der Waals surface area contributed by atoms with Crippen molar-refractivity contribution in [2.75, 3.05) is 39.3 Å². The summed E-state index contributed by atoms with van der Waals surface area (Å²) in [4.78, 5) is 28.7. The second-order valence-electron chi connectivity index (χ2n) is 7.60. The number of likely N-dealkylation sites (tertiary alicyclic amines) is 1. The summed E-state index contributed by atoms with van der Waals surface area (Å²) in [5, 5.41) is 14.6. The van der Waals surface area contributed by atoms with Gasteiger partial charge < -0.3 is 10.4 Å². The average molecular weight is 440 g/mol. The van der Waals surface area contributed by atoms with Gasteiger partial charge in [0.2, 0.25) is 5.91 Å². The number of rotatable bonds is 7. The van der Waals surface area contributed by atoms with Crippen LogP contribution in [0.1, 0.15) is 24.8 Å². The molecule has 8 heteroatoms. The van der Waals surface area contributed by atoms with Crippen LogP contribution in [-0.2, 0) is 9.59 Å². The predicted molar refractivity (Wildman–Crippen MR) is 115 cm³/mol. The van der Waals surface area contributed by atoms with Gasteiger partial charge in [0, 0.05) is 19.6 Å². The summed E-state index contributed by atoms with van der Waals surface area (Å²) in [6.45, 7) is 3.34. The Bertz CT molecular complexity index is 766. The molecule has 2 saturated heterocycles. The average Bonchev–Trinajstić information content (AvgIpc) is 2.70. The van der Waals surface area contributed by atoms with E-state index in [9.17, 15) is 14.7 Å². The molecule has 2 aliphatic heterocycles. The van der Waals surface area contributed by atoms with Crippen LogP contribution >= 0.6 is 23.2 Å². The number of halogens is 2. The van der Waals surface area contributed by atoms with Gasteiger partial charge in [-0.15, -0.1) is 0 Å². The van der Waals surface area contributed by atoms with E-state index in [0.29, 0.717) is 29.7 Å². The normalized spacial score (nSPS) is 21.1. The highest BCUT2D eigenvalue weighted by molar-refractivity contribution is 6.42. The number of carbonyl (C=O) groups is 2. The Hall–Kier alpha value is -1.44. The number of hydrogen-bond acceptors (Lipinski definition) is 5. The van der Waals surface area contributed by atoms with E-state index in [-0.39, 0.29) is 18.2 Å². The number of nitrogens with one attached hydrogen (secondary N) is 1. The summed E-state index contributed by atoms with van der Waals surface area (Å²) in [5.74, 6) is -0.198. The standard InChI is InChI=1S/C21H27Cl2N3O3/c22-16-6-4-15(12-17(16)23)5-7-18(27)21(26-9-2-1-3-10-26)19(28)13-25-11-8-24-20(29)14-25/h4-7,12,19,21,28H,1-3,8-11,13-14H2,(H,24,29)/b7-5+. The lowest BCUT2D eigenvalue weighted by Gasteiger charge is -2.38. The molecule has 2 unspecified atom stereocenters. The number of aliphatic hydroxyl groups excluding tert-OH is 1. The van der Waals surface area contributed by atoms with Gasteiger partial charge in [-0.05, 0) is 49.7 Å². The van der Waals surface area contributed by atoms with Crippen molar-refractivity contribution in [2.24, 2.45) is 0 Å². The van der Waals surface area contributed by atoms with Crippen molar-refractivity contribution in [1.29, 1.82) is 0 Å². The summed E-state index contributed by atoms with van der Waals surface area (Å²) in [7, 11) is 0. The maximum Gasteiger partial charge on any atom is 0.234 e. The zero-order valence-electron chi connectivity index (χ0n) is 16.3. The Morgan fingerprint density at radius 3 is 2.62 bits per heavy atom. The minimum absolute atomic E-state index is 0.0520. The van der Waals surface area contributed by atoms with E-state index in [4.69, 9.17) is 23.2 Å². The number of ketones is 1. The Labute approximate surface area is 181 Å². The first-order valence-corrected chi connectivity index (χ1v) is 10.8. The van der Waals surface area contributed by atoms with Crippen molar-refractivity contribution in [1.82, 2.24) is 15.1 Å². The van der Waals surface area contributed by atoms with Crippen LogP contribution in [0.2, 0.25) is 10.0 Å². The first-order chi connectivity index (χ1) is 13.9. The zero-order chi connectivity index (χ0) is 20.8. The number of carbonyl (C=O) groups excluding carboxylic acids is 2. The van der Waals surface area contributed by atoms with Crippen molar-refractivity contribution < 1.29 is 14.7 Å². The van der Waals surface area contributed by atoms with Crippen molar-refractivity contribution in [3.63, 3.8) is 0 Å². The van der Waals surface area contributed by atoms with Gasteiger partial charge in [0.05, 0.1) is 22.7 Å². The van der Waals surface area contributed by atoms with Gasteiger partial charge in [0.15, 0.2) is 5.78 Å². The molecule has 0 aliphatic carbocycles. The van der Waals surface area contributed by atoms with Gasteiger partial charge in [-0.2, -0.15) is 0 Å². The third-order valence-electron chi connectivity index (χ3n) is 5.39. The highest BCUT2D eigenvalue weighted by atomic mass is 35.5. The van der Waals surface area contributed by atoms with Crippen LogP contribution in [-0.4, -0.2) is 78.0 Å².